The van der Waals surface area contributed by atoms with Gasteiger partial charge in [0.2, 0.25) is 0 Å². The van der Waals surface area contributed by atoms with Crippen LogP contribution >= 0.6 is 0 Å². The van der Waals surface area contributed by atoms with Gasteiger partial charge in [-0.15, -0.1) is 0 Å². The van der Waals surface area contributed by atoms with Crippen LogP contribution in [-0.2, 0) is 0 Å². The van der Waals surface area contributed by atoms with E-state index in [9.17, 15) is 10.2 Å². The van der Waals surface area contributed by atoms with Crippen molar-refractivity contribution in [2.24, 2.45) is 5.73 Å². The molecule has 0 aliphatic heterocycles. The van der Waals surface area contributed by atoms with Crippen molar-refractivity contribution in [1.82, 2.24) is 4.90 Å². The van der Waals surface area contributed by atoms with E-state index in [0.717, 1.165) is 11.3 Å². The Bertz CT molecular complexity index is 471. The summed E-state index contributed by atoms with van der Waals surface area (Å²) in [6.07, 6.45) is 7.54. The molecule has 4 N–H and O–H groups in total. The molecule has 0 aromatic carbocycles. The van der Waals surface area contributed by atoms with Crippen LogP contribution in [0.15, 0.2) is 41.0 Å². The average Bonchev–Trinajstić information content (AvgIpc) is 2.91. The summed E-state index contributed by atoms with van der Waals surface area (Å²) in [5.41, 5.74) is 6.60. The molecule has 1 aromatic heterocycles. The van der Waals surface area contributed by atoms with Crippen molar-refractivity contribution >= 4 is 5.57 Å². The fourth-order valence-electron chi connectivity index (χ4n) is 2.50. The molecule has 1 heterocycles. The number of hydrogen-bond donors (Lipinski definition) is 3. The second kappa shape index (κ2) is 6.37. The first-order valence-corrected chi connectivity index (χ1v) is 6.78. The van der Waals surface area contributed by atoms with E-state index < -0.39 is 5.54 Å². The minimum atomic E-state index is -0.525. The van der Waals surface area contributed by atoms with E-state index in [1.165, 1.54) is 0 Å². The molecule has 5 heteroatoms. The number of hydrogen-bond acceptors (Lipinski definition) is 5. The third-order valence-corrected chi connectivity index (χ3v) is 3.40. The van der Waals surface area contributed by atoms with Crippen molar-refractivity contribution in [3.63, 3.8) is 0 Å². The quantitative estimate of drug-likeness (QED) is 0.664. The highest BCUT2D eigenvalue weighted by atomic mass is 16.3. The third kappa shape index (κ3) is 3.37. The van der Waals surface area contributed by atoms with Gasteiger partial charge in [-0.05, 0) is 19.1 Å². The zero-order valence-corrected chi connectivity index (χ0v) is 11.7. The molecule has 0 saturated carbocycles. The minimum Gasteiger partial charge on any atom is -0.465 e. The molecule has 2 rings (SSSR count). The van der Waals surface area contributed by atoms with Crippen LogP contribution in [0.1, 0.15) is 12.7 Å². The van der Waals surface area contributed by atoms with Crippen molar-refractivity contribution in [1.29, 1.82) is 0 Å². The van der Waals surface area contributed by atoms with Crippen molar-refractivity contribution in [3.8, 4) is 0 Å². The van der Waals surface area contributed by atoms with Gasteiger partial charge in [0, 0.05) is 18.7 Å². The summed E-state index contributed by atoms with van der Waals surface area (Å²) in [5.74, 6) is 0.761. The number of nitrogens with two attached hydrogens (primary N) is 1. The zero-order chi connectivity index (χ0) is 14.6. The lowest BCUT2D eigenvalue weighted by Gasteiger charge is -2.34. The Kier molecular flexibility index (Phi) is 4.77. The van der Waals surface area contributed by atoms with Crippen LogP contribution < -0.4 is 5.73 Å². The number of nitrogens with zero attached hydrogens (tertiary/aromatic N) is 1. The summed E-state index contributed by atoms with van der Waals surface area (Å²) in [5, 5.41) is 18.4. The molecule has 1 aliphatic carbocycles. The van der Waals surface area contributed by atoms with Crippen molar-refractivity contribution in [2.45, 2.75) is 18.5 Å². The smallest absolute Gasteiger partial charge is 0.131 e. The monoisotopic (exact) mass is 278 g/mol. The zero-order valence-electron chi connectivity index (χ0n) is 11.7. The Morgan fingerprint density at radius 1 is 1.35 bits per heavy atom. The van der Waals surface area contributed by atoms with E-state index in [1.54, 1.807) is 6.26 Å². The van der Waals surface area contributed by atoms with Gasteiger partial charge in [0.15, 0.2) is 0 Å². The summed E-state index contributed by atoms with van der Waals surface area (Å²) in [6.45, 7) is 2.96. The molecule has 0 spiro atoms. The van der Waals surface area contributed by atoms with Crippen LogP contribution in [0.4, 0.5) is 0 Å². The van der Waals surface area contributed by atoms with Gasteiger partial charge in [0.25, 0.3) is 0 Å². The van der Waals surface area contributed by atoms with Crippen LogP contribution in [0.25, 0.3) is 5.57 Å². The van der Waals surface area contributed by atoms with E-state index in [4.69, 9.17) is 10.2 Å². The van der Waals surface area contributed by atoms with E-state index in [1.807, 2.05) is 42.2 Å². The van der Waals surface area contributed by atoms with Crippen LogP contribution in [0.3, 0.4) is 0 Å². The average molecular weight is 278 g/mol. The normalized spacial score (nSPS) is 26.1. The van der Waals surface area contributed by atoms with Crippen LogP contribution in [0, 0.1) is 0 Å². The maximum absolute atomic E-state index is 9.20. The Morgan fingerprint density at radius 3 is 2.60 bits per heavy atom. The minimum absolute atomic E-state index is 0.0374. The molecule has 20 heavy (non-hydrogen) atoms. The molecule has 0 amide bonds. The molecular formula is C15H22N2O3. The summed E-state index contributed by atoms with van der Waals surface area (Å²) >= 11 is 0. The summed E-state index contributed by atoms with van der Waals surface area (Å²) in [4.78, 5) is 2.00. The molecule has 0 saturated heterocycles. The van der Waals surface area contributed by atoms with Crippen LogP contribution in [0.2, 0.25) is 0 Å². The predicted octanol–water partition coefficient (Wildman–Crippen LogP) is 0.605. The molecule has 1 aliphatic rings. The van der Waals surface area contributed by atoms with Crippen molar-refractivity contribution < 1.29 is 14.6 Å². The highest BCUT2D eigenvalue weighted by Gasteiger charge is 2.29. The molecule has 0 bridgehead atoms. The van der Waals surface area contributed by atoms with Gasteiger partial charge in [-0.1, -0.05) is 18.2 Å². The summed E-state index contributed by atoms with van der Waals surface area (Å²) in [7, 11) is 0. The van der Waals surface area contributed by atoms with Crippen LogP contribution in [0.5, 0.6) is 0 Å². The Morgan fingerprint density at radius 2 is 2.05 bits per heavy atom. The number of furan rings is 1. The first kappa shape index (κ1) is 15.0. The van der Waals surface area contributed by atoms with Gasteiger partial charge in [-0.25, -0.2) is 0 Å². The molecule has 110 valence electrons. The summed E-state index contributed by atoms with van der Waals surface area (Å²) in [6, 6.07) is 3.67. The van der Waals surface area contributed by atoms with E-state index in [0.29, 0.717) is 13.1 Å². The fourth-order valence-corrected chi connectivity index (χ4v) is 2.50. The Labute approximate surface area is 119 Å². The molecule has 0 fully saturated rings. The van der Waals surface area contributed by atoms with Gasteiger partial charge >= 0.3 is 0 Å². The Balaban J connectivity index is 2.32. The number of aliphatic hydroxyl groups excluding tert-OH is 2. The second-order valence-corrected chi connectivity index (χ2v) is 5.23. The Hall–Kier alpha value is -1.40. The third-order valence-electron chi connectivity index (χ3n) is 3.40. The van der Waals surface area contributed by atoms with Crippen LogP contribution in [-0.4, -0.2) is 53.0 Å². The highest BCUT2D eigenvalue weighted by molar-refractivity contribution is 5.71. The standard InChI is InChI=1S/C15H22N2O3/c1-15(16)5-4-13(17(6-8-18)7-9-19)12(11-15)14-3-2-10-20-14/h2-5,10-11,13,18-19H,6-9,16H2,1H3. The first-order chi connectivity index (χ1) is 9.57. The molecule has 1 aromatic rings. The van der Waals surface area contributed by atoms with Gasteiger partial charge in [-0.3, -0.25) is 4.90 Å². The molecular weight excluding hydrogens is 256 g/mol. The van der Waals surface area contributed by atoms with E-state index in [2.05, 4.69) is 0 Å². The molecule has 0 radical (unpaired) electrons. The van der Waals surface area contributed by atoms with Gasteiger partial charge in [0.05, 0.1) is 31.1 Å². The summed E-state index contributed by atoms with van der Waals surface area (Å²) < 4.78 is 5.49. The largest absolute Gasteiger partial charge is 0.465 e. The number of aliphatic hydroxyl groups is 2. The van der Waals surface area contributed by atoms with Gasteiger partial charge in [-0.2, -0.15) is 0 Å². The fraction of sp³-hybridized carbons (Fsp3) is 0.467. The topological polar surface area (TPSA) is 82.9 Å². The second-order valence-electron chi connectivity index (χ2n) is 5.23. The lowest BCUT2D eigenvalue weighted by Crippen LogP contribution is -2.43. The molecule has 2 unspecified atom stereocenters. The predicted molar refractivity (Wildman–Crippen MR) is 78.0 cm³/mol. The van der Waals surface area contributed by atoms with E-state index in [-0.39, 0.29) is 19.3 Å². The number of rotatable bonds is 6. The highest BCUT2D eigenvalue weighted by Crippen LogP contribution is 2.30. The van der Waals surface area contributed by atoms with E-state index >= 15 is 0 Å². The first-order valence-electron chi connectivity index (χ1n) is 6.78. The molecule has 5 nitrogen and oxygen atoms in total. The maximum atomic E-state index is 9.20. The van der Waals surface area contributed by atoms with Crippen molar-refractivity contribution in [2.75, 3.05) is 26.3 Å². The van der Waals surface area contributed by atoms with Crippen molar-refractivity contribution in [3.05, 3.63) is 42.4 Å². The maximum Gasteiger partial charge on any atom is 0.131 e. The SMILES string of the molecule is CC1(N)C=CC(N(CCO)CCO)C(c2ccco2)=C1. The lowest BCUT2D eigenvalue weighted by atomic mass is 9.87. The molecule has 2 atom stereocenters. The van der Waals surface area contributed by atoms with Gasteiger partial charge < -0.3 is 20.4 Å². The lowest BCUT2D eigenvalue weighted by molar-refractivity contribution is 0.154. The van der Waals surface area contributed by atoms with Gasteiger partial charge in [0.1, 0.15) is 5.76 Å².